The lowest BCUT2D eigenvalue weighted by Gasteiger charge is -2.15. The number of carbonyl (C=O) groups excluding carboxylic acids is 1. The van der Waals surface area contributed by atoms with Gasteiger partial charge in [-0.25, -0.2) is 0 Å². The summed E-state index contributed by atoms with van der Waals surface area (Å²) in [7, 11) is 0. The minimum absolute atomic E-state index is 0.0201. The van der Waals surface area contributed by atoms with Crippen LogP contribution in [-0.4, -0.2) is 42.5 Å². The first kappa shape index (κ1) is 26.9. The number of hydrogen-bond acceptors (Lipinski definition) is 5. The normalized spacial score (nSPS) is 21.3. The first-order chi connectivity index (χ1) is 17.0. The summed E-state index contributed by atoms with van der Waals surface area (Å²) in [5.74, 6) is -0.676. The zero-order chi connectivity index (χ0) is 25.9. The summed E-state index contributed by atoms with van der Waals surface area (Å²) in [5, 5.41) is 0. The lowest BCUT2D eigenvalue weighted by molar-refractivity contribution is -0.137. The maximum Gasteiger partial charge on any atom is 0.416 e. The van der Waals surface area contributed by atoms with E-state index < -0.39 is 17.6 Å². The maximum atomic E-state index is 13.5. The van der Waals surface area contributed by atoms with Crippen LogP contribution in [-0.2, 0) is 27.6 Å². The van der Waals surface area contributed by atoms with E-state index in [-0.39, 0.29) is 35.5 Å². The molecule has 10 heteroatoms. The van der Waals surface area contributed by atoms with Crippen molar-refractivity contribution in [2.45, 2.75) is 83.2 Å². The van der Waals surface area contributed by atoms with Crippen LogP contribution < -0.4 is 9.54 Å². The van der Waals surface area contributed by atoms with Gasteiger partial charge in [-0.3, -0.25) is 4.79 Å². The summed E-state index contributed by atoms with van der Waals surface area (Å²) in [6.07, 6.45) is 1.87. The van der Waals surface area contributed by atoms with Gasteiger partial charge < -0.3 is 18.8 Å². The summed E-state index contributed by atoms with van der Waals surface area (Å²) in [4.78, 5) is 19.0. The fourth-order valence-electron chi connectivity index (χ4n) is 4.27. The predicted octanol–water partition coefficient (Wildman–Crippen LogP) is 5.73. The van der Waals surface area contributed by atoms with Crippen LogP contribution in [0.25, 0.3) is 0 Å². The maximum absolute atomic E-state index is 13.5. The second-order valence-electron chi connectivity index (χ2n) is 10.3. The number of aromatic nitrogens is 1. The van der Waals surface area contributed by atoms with Gasteiger partial charge in [0.15, 0.2) is 4.80 Å². The molecule has 1 amide bonds. The number of carbonyl (C=O) groups is 1. The number of nitrogens with zero attached hydrogens (tertiary/aromatic N) is 2. The average molecular weight is 527 g/mol. The monoisotopic (exact) mass is 526 g/mol. The van der Waals surface area contributed by atoms with Crippen molar-refractivity contribution >= 4 is 17.2 Å². The molecule has 3 heterocycles. The summed E-state index contributed by atoms with van der Waals surface area (Å²) in [5.41, 5.74) is -1.29. The Morgan fingerprint density at radius 3 is 2.44 bits per heavy atom. The van der Waals surface area contributed by atoms with E-state index in [1.54, 1.807) is 0 Å². The lowest BCUT2D eigenvalue weighted by Crippen LogP contribution is -2.23. The van der Waals surface area contributed by atoms with E-state index >= 15 is 0 Å². The zero-order valence-electron chi connectivity index (χ0n) is 20.9. The molecule has 1 aromatic carbocycles. The van der Waals surface area contributed by atoms with Crippen LogP contribution in [0.2, 0.25) is 0 Å². The SMILES string of the molecule is CC(C)(C)c1cn(C[C@H]2CCCO2)/c(=N/C(=O)c2cc(C(F)(F)F)ccc2OCC[C@H]2CCCO2)s1. The Labute approximate surface area is 213 Å². The molecule has 0 spiro atoms. The largest absolute Gasteiger partial charge is 0.493 e. The smallest absolute Gasteiger partial charge is 0.416 e. The Kier molecular flexibility index (Phi) is 8.26. The Morgan fingerprint density at radius 2 is 1.83 bits per heavy atom. The van der Waals surface area contributed by atoms with E-state index in [1.807, 2.05) is 10.8 Å². The third kappa shape index (κ3) is 6.77. The van der Waals surface area contributed by atoms with Gasteiger partial charge in [0.25, 0.3) is 5.91 Å². The van der Waals surface area contributed by atoms with Gasteiger partial charge >= 0.3 is 6.18 Å². The van der Waals surface area contributed by atoms with Crippen LogP contribution in [0.4, 0.5) is 13.2 Å². The van der Waals surface area contributed by atoms with Crippen molar-refractivity contribution < 1.29 is 32.2 Å². The molecular formula is C26H33F3N2O4S. The fraction of sp³-hybridized carbons (Fsp3) is 0.615. The van der Waals surface area contributed by atoms with Gasteiger partial charge in [0.05, 0.1) is 36.5 Å². The first-order valence-electron chi connectivity index (χ1n) is 12.4. The van der Waals surface area contributed by atoms with E-state index in [4.69, 9.17) is 14.2 Å². The molecule has 36 heavy (non-hydrogen) atoms. The van der Waals surface area contributed by atoms with E-state index in [0.29, 0.717) is 31.0 Å². The highest BCUT2D eigenvalue weighted by molar-refractivity contribution is 7.09. The molecule has 1 aromatic heterocycles. The molecule has 2 saturated heterocycles. The van der Waals surface area contributed by atoms with Crippen LogP contribution in [0.1, 0.15) is 73.7 Å². The van der Waals surface area contributed by atoms with Crippen LogP contribution in [0.5, 0.6) is 5.75 Å². The molecule has 2 aliphatic heterocycles. The van der Waals surface area contributed by atoms with Crippen molar-refractivity contribution in [2.75, 3.05) is 19.8 Å². The number of amides is 1. The molecule has 2 atom stereocenters. The topological polar surface area (TPSA) is 62.1 Å². The Bertz CT molecular complexity index is 1120. The molecule has 0 aliphatic carbocycles. The molecule has 0 saturated carbocycles. The number of hydrogen-bond donors (Lipinski definition) is 0. The van der Waals surface area contributed by atoms with Gasteiger partial charge in [-0.15, -0.1) is 11.3 Å². The van der Waals surface area contributed by atoms with Crippen molar-refractivity contribution in [3.63, 3.8) is 0 Å². The number of benzene rings is 1. The third-order valence-electron chi connectivity index (χ3n) is 6.34. The first-order valence-corrected chi connectivity index (χ1v) is 13.2. The predicted molar refractivity (Wildman–Crippen MR) is 130 cm³/mol. The van der Waals surface area contributed by atoms with Crippen molar-refractivity contribution in [1.29, 1.82) is 0 Å². The van der Waals surface area contributed by atoms with Gasteiger partial charge in [-0.1, -0.05) is 20.8 Å². The third-order valence-corrected chi connectivity index (χ3v) is 7.79. The van der Waals surface area contributed by atoms with E-state index in [1.165, 1.54) is 17.4 Å². The molecule has 6 nitrogen and oxygen atoms in total. The summed E-state index contributed by atoms with van der Waals surface area (Å²) in [6.45, 7) is 8.37. The van der Waals surface area contributed by atoms with Gasteiger partial charge in [0.1, 0.15) is 5.75 Å². The second-order valence-corrected chi connectivity index (χ2v) is 11.3. The Hall–Kier alpha value is -2.17. The summed E-state index contributed by atoms with van der Waals surface area (Å²) < 4.78 is 59.4. The molecule has 0 unspecified atom stereocenters. The molecule has 2 fully saturated rings. The van der Waals surface area contributed by atoms with Crippen molar-refractivity contribution in [3.05, 3.63) is 45.2 Å². The van der Waals surface area contributed by atoms with Crippen LogP contribution in [0.3, 0.4) is 0 Å². The number of rotatable bonds is 7. The van der Waals surface area contributed by atoms with Crippen LogP contribution in [0, 0.1) is 0 Å². The minimum Gasteiger partial charge on any atom is -0.493 e. The van der Waals surface area contributed by atoms with Crippen molar-refractivity contribution in [2.24, 2.45) is 4.99 Å². The fourth-order valence-corrected chi connectivity index (χ4v) is 5.33. The number of thiazole rings is 1. The minimum atomic E-state index is -4.59. The van der Waals surface area contributed by atoms with Gasteiger partial charge in [0.2, 0.25) is 0 Å². The van der Waals surface area contributed by atoms with E-state index in [9.17, 15) is 18.0 Å². The standard InChI is InChI=1S/C26H33F3N2O4S/c1-25(2,3)22-16-31(15-19-7-5-12-34-19)24(36-22)30-23(32)20-14-17(26(27,28)29)8-9-21(20)35-13-10-18-6-4-11-33-18/h8-9,14,16,18-19H,4-7,10-13,15H2,1-3H3/b30-24-/t18-,19-/m1/s1. The van der Waals surface area contributed by atoms with Crippen molar-refractivity contribution in [1.82, 2.24) is 4.57 Å². The van der Waals surface area contributed by atoms with Gasteiger partial charge in [-0.2, -0.15) is 18.2 Å². The molecule has 0 N–H and O–H groups in total. The summed E-state index contributed by atoms with van der Waals surface area (Å²) in [6, 6.07) is 2.96. The zero-order valence-corrected chi connectivity index (χ0v) is 21.7. The highest BCUT2D eigenvalue weighted by Gasteiger charge is 2.32. The Balaban J connectivity index is 1.65. The lowest BCUT2D eigenvalue weighted by atomic mass is 9.95. The molecule has 4 rings (SSSR count). The van der Waals surface area contributed by atoms with Crippen LogP contribution >= 0.6 is 11.3 Å². The number of alkyl halides is 3. The highest BCUT2D eigenvalue weighted by Crippen LogP contribution is 2.33. The van der Waals surface area contributed by atoms with E-state index in [2.05, 4.69) is 25.8 Å². The number of halogens is 3. The van der Waals surface area contributed by atoms with Crippen LogP contribution in [0.15, 0.2) is 29.4 Å². The molecule has 0 radical (unpaired) electrons. The van der Waals surface area contributed by atoms with E-state index in [0.717, 1.165) is 42.7 Å². The average Bonchev–Trinajstić information content (AvgIpc) is 3.56. The van der Waals surface area contributed by atoms with Gasteiger partial charge in [-0.05, 0) is 49.3 Å². The molecule has 198 valence electrons. The van der Waals surface area contributed by atoms with Crippen molar-refractivity contribution in [3.8, 4) is 5.75 Å². The Morgan fingerprint density at radius 1 is 1.14 bits per heavy atom. The molecular weight excluding hydrogens is 493 g/mol. The molecule has 0 bridgehead atoms. The number of ether oxygens (including phenoxy) is 3. The highest BCUT2D eigenvalue weighted by atomic mass is 32.1. The molecule has 2 aliphatic rings. The quantitative estimate of drug-likeness (QED) is 0.462. The second kappa shape index (κ2) is 11.1. The molecule has 2 aromatic rings. The summed E-state index contributed by atoms with van der Waals surface area (Å²) >= 11 is 1.36. The van der Waals surface area contributed by atoms with Gasteiger partial charge in [0, 0.05) is 30.7 Å².